The third kappa shape index (κ3) is 5.72. The Morgan fingerprint density at radius 2 is 2.28 bits per heavy atom. The van der Waals surface area contributed by atoms with Crippen LogP contribution in [0.2, 0.25) is 0 Å². The normalized spacial score (nSPS) is 12.4. The van der Waals surface area contributed by atoms with Crippen LogP contribution in [-0.2, 0) is 11.3 Å². The largest absolute Gasteiger partial charge is 0.350 e. The number of carbonyl (C=O) groups is 1. The van der Waals surface area contributed by atoms with Crippen molar-refractivity contribution in [2.24, 2.45) is 17.6 Å². The van der Waals surface area contributed by atoms with Gasteiger partial charge in [-0.15, -0.1) is 0 Å². The highest BCUT2D eigenvalue weighted by molar-refractivity contribution is 5.76. The van der Waals surface area contributed by atoms with Gasteiger partial charge in [0.1, 0.15) is 0 Å². The lowest BCUT2D eigenvalue weighted by atomic mass is 9.94. The van der Waals surface area contributed by atoms with E-state index in [1.54, 1.807) is 12.3 Å². The summed E-state index contributed by atoms with van der Waals surface area (Å²) < 4.78 is 0. The zero-order valence-corrected chi connectivity index (χ0v) is 11.1. The number of nitrogens with one attached hydrogen (secondary N) is 1. The molecular formula is C13H22N4O. The van der Waals surface area contributed by atoms with Crippen LogP contribution < -0.4 is 11.1 Å². The van der Waals surface area contributed by atoms with E-state index >= 15 is 0 Å². The number of rotatable bonds is 7. The molecule has 18 heavy (non-hydrogen) atoms. The van der Waals surface area contributed by atoms with Gasteiger partial charge >= 0.3 is 0 Å². The fraction of sp³-hybridized carbons (Fsp3) is 0.615. The molecule has 3 N–H and O–H groups in total. The lowest BCUT2D eigenvalue weighted by molar-refractivity contribution is -0.122. The van der Waals surface area contributed by atoms with Crippen molar-refractivity contribution >= 4 is 5.91 Å². The van der Waals surface area contributed by atoms with Crippen molar-refractivity contribution in [1.29, 1.82) is 0 Å². The van der Waals surface area contributed by atoms with Crippen LogP contribution >= 0.6 is 0 Å². The Morgan fingerprint density at radius 3 is 2.83 bits per heavy atom. The van der Waals surface area contributed by atoms with Crippen LogP contribution in [0.25, 0.3) is 0 Å². The summed E-state index contributed by atoms with van der Waals surface area (Å²) in [5.74, 6) is 0.843. The van der Waals surface area contributed by atoms with E-state index < -0.39 is 0 Å². The maximum atomic E-state index is 11.8. The fourth-order valence-corrected chi connectivity index (χ4v) is 1.88. The monoisotopic (exact) mass is 250 g/mol. The van der Waals surface area contributed by atoms with Crippen molar-refractivity contribution in [2.75, 3.05) is 6.54 Å². The van der Waals surface area contributed by atoms with E-state index in [0.717, 1.165) is 12.1 Å². The van der Waals surface area contributed by atoms with Gasteiger partial charge < -0.3 is 11.1 Å². The molecule has 5 nitrogen and oxygen atoms in total. The molecule has 0 saturated carbocycles. The highest BCUT2D eigenvalue weighted by Gasteiger charge is 2.13. The molecule has 0 bridgehead atoms. The van der Waals surface area contributed by atoms with Crippen molar-refractivity contribution < 1.29 is 4.79 Å². The van der Waals surface area contributed by atoms with Crippen LogP contribution in [0.1, 0.15) is 32.4 Å². The van der Waals surface area contributed by atoms with Gasteiger partial charge in [-0.2, -0.15) is 10.2 Å². The molecule has 0 aromatic carbocycles. The van der Waals surface area contributed by atoms with Gasteiger partial charge in [0.15, 0.2) is 0 Å². The Bertz CT molecular complexity index is 353. The number of amides is 1. The second kappa shape index (κ2) is 7.76. The minimum absolute atomic E-state index is 0.0248. The number of hydrogen-bond acceptors (Lipinski definition) is 4. The van der Waals surface area contributed by atoms with E-state index in [0.29, 0.717) is 25.4 Å². The van der Waals surface area contributed by atoms with E-state index in [2.05, 4.69) is 29.4 Å². The first-order chi connectivity index (χ1) is 8.61. The SMILES string of the molecule is CC(C)C[C@H](CN)CC(=O)NCc1cccnn1. The summed E-state index contributed by atoms with van der Waals surface area (Å²) >= 11 is 0. The van der Waals surface area contributed by atoms with E-state index in [-0.39, 0.29) is 11.8 Å². The zero-order valence-electron chi connectivity index (χ0n) is 11.1. The van der Waals surface area contributed by atoms with E-state index in [4.69, 9.17) is 5.73 Å². The van der Waals surface area contributed by atoms with Crippen LogP contribution in [-0.4, -0.2) is 22.6 Å². The van der Waals surface area contributed by atoms with Crippen LogP contribution in [0.5, 0.6) is 0 Å². The smallest absolute Gasteiger partial charge is 0.220 e. The summed E-state index contributed by atoms with van der Waals surface area (Å²) in [6.45, 7) is 5.25. The molecule has 0 saturated heterocycles. The molecule has 0 spiro atoms. The molecule has 1 rings (SSSR count). The van der Waals surface area contributed by atoms with Gasteiger partial charge in [-0.05, 0) is 36.9 Å². The Balaban J connectivity index is 2.32. The van der Waals surface area contributed by atoms with Crippen LogP contribution in [0, 0.1) is 11.8 Å². The number of nitrogens with two attached hydrogens (primary N) is 1. The molecule has 100 valence electrons. The Morgan fingerprint density at radius 1 is 1.50 bits per heavy atom. The lowest BCUT2D eigenvalue weighted by Crippen LogP contribution is -2.28. The van der Waals surface area contributed by atoms with Crippen molar-refractivity contribution in [1.82, 2.24) is 15.5 Å². The quantitative estimate of drug-likeness (QED) is 0.759. The van der Waals surface area contributed by atoms with Gasteiger partial charge in [-0.25, -0.2) is 0 Å². The molecule has 5 heteroatoms. The molecule has 0 fully saturated rings. The van der Waals surface area contributed by atoms with Gasteiger partial charge in [-0.1, -0.05) is 13.8 Å². The van der Waals surface area contributed by atoms with Crippen molar-refractivity contribution in [3.63, 3.8) is 0 Å². The summed E-state index contributed by atoms with van der Waals surface area (Å²) in [4.78, 5) is 11.8. The Kier molecular flexibility index (Phi) is 6.28. The Hall–Kier alpha value is -1.49. The maximum absolute atomic E-state index is 11.8. The van der Waals surface area contributed by atoms with E-state index in [9.17, 15) is 4.79 Å². The molecule has 1 atom stereocenters. The maximum Gasteiger partial charge on any atom is 0.220 e. The second-order valence-corrected chi connectivity index (χ2v) is 4.93. The zero-order chi connectivity index (χ0) is 13.4. The van der Waals surface area contributed by atoms with Crippen molar-refractivity contribution in [3.8, 4) is 0 Å². The summed E-state index contributed by atoms with van der Waals surface area (Å²) in [5, 5.41) is 10.5. The minimum Gasteiger partial charge on any atom is -0.350 e. The first-order valence-corrected chi connectivity index (χ1v) is 6.35. The number of hydrogen-bond donors (Lipinski definition) is 2. The van der Waals surface area contributed by atoms with Crippen LogP contribution in [0.4, 0.5) is 0 Å². The predicted molar refractivity (Wildman–Crippen MR) is 70.5 cm³/mol. The molecular weight excluding hydrogens is 228 g/mol. The lowest BCUT2D eigenvalue weighted by Gasteiger charge is -2.16. The highest BCUT2D eigenvalue weighted by atomic mass is 16.1. The topological polar surface area (TPSA) is 80.9 Å². The predicted octanol–water partition coefficient (Wildman–Crippen LogP) is 1.10. The molecule has 0 aliphatic carbocycles. The van der Waals surface area contributed by atoms with Gasteiger partial charge in [0, 0.05) is 12.6 Å². The minimum atomic E-state index is 0.0248. The third-order valence-corrected chi connectivity index (χ3v) is 2.71. The van der Waals surface area contributed by atoms with E-state index in [1.165, 1.54) is 0 Å². The summed E-state index contributed by atoms with van der Waals surface area (Å²) in [7, 11) is 0. The van der Waals surface area contributed by atoms with Crippen molar-refractivity contribution in [2.45, 2.75) is 33.2 Å². The second-order valence-electron chi connectivity index (χ2n) is 4.93. The van der Waals surface area contributed by atoms with E-state index in [1.807, 2.05) is 6.07 Å². The van der Waals surface area contributed by atoms with Gasteiger partial charge in [-0.3, -0.25) is 4.79 Å². The molecule has 0 unspecified atom stereocenters. The van der Waals surface area contributed by atoms with Gasteiger partial charge in [0.2, 0.25) is 5.91 Å². The molecule has 1 amide bonds. The summed E-state index contributed by atoms with van der Waals surface area (Å²) in [5.41, 5.74) is 6.44. The molecule has 0 aliphatic rings. The molecule has 1 aromatic heterocycles. The molecule has 1 aromatic rings. The average Bonchev–Trinajstić information content (AvgIpc) is 2.36. The highest BCUT2D eigenvalue weighted by Crippen LogP contribution is 2.13. The standard InChI is InChI=1S/C13H22N4O/c1-10(2)6-11(8-14)7-13(18)15-9-12-4-3-5-16-17-12/h3-5,10-11H,6-9,14H2,1-2H3,(H,15,18)/t11-/m0/s1. The summed E-state index contributed by atoms with van der Waals surface area (Å²) in [6, 6.07) is 3.64. The first kappa shape index (κ1) is 14.6. The number of aromatic nitrogens is 2. The van der Waals surface area contributed by atoms with Crippen molar-refractivity contribution in [3.05, 3.63) is 24.0 Å². The molecule has 0 aliphatic heterocycles. The third-order valence-electron chi connectivity index (χ3n) is 2.71. The fourth-order valence-electron chi connectivity index (χ4n) is 1.88. The van der Waals surface area contributed by atoms with Gasteiger partial charge in [0.05, 0.1) is 12.2 Å². The Labute approximate surface area is 108 Å². The summed E-state index contributed by atoms with van der Waals surface area (Å²) in [6.07, 6.45) is 3.07. The van der Waals surface area contributed by atoms with Crippen LogP contribution in [0.3, 0.4) is 0 Å². The molecule has 1 heterocycles. The number of carbonyl (C=O) groups excluding carboxylic acids is 1. The first-order valence-electron chi connectivity index (χ1n) is 6.35. The molecule has 0 radical (unpaired) electrons. The average molecular weight is 250 g/mol. The van der Waals surface area contributed by atoms with Crippen LogP contribution in [0.15, 0.2) is 18.3 Å². The number of nitrogens with zero attached hydrogens (tertiary/aromatic N) is 2. The van der Waals surface area contributed by atoms with Gasteiger partial charge in [0.25, 0.3) is 0 Å².